The Morgan fingerprint density at radius 1 is 1.38 bits per heavy atom. The van der Waals surface area contributed by atoms with Crippen LogP contribution in [0.2, 0.25) is 0 Å². The number of carbonyl (C=O) groups is 1. The zero-order chi connectivity index (χ0) is 20.7. The van der Waals surface area contributed by atoms with Crippen molar-refractivity contribution in [3.8, 4) is 5.75 Å². The molecule has 0 radical (unpaired) electrons. The summed E-state index contributed by atoms with van der Waals surface area (Å²) in [7, 11) is -3.64. The number of carbonyl (C=O) groups excluding carboxylic acids is 1. The molecule has 1 saturated heterocycles. The van der Waals surface area contributed by atoms with Gasteiger partial charge in [-0.15, -0.1) is 0 Å². The third kappa shape index (κ3) is 5.71. The van der Waals surface area contributed by atoms with Gasteiger partial charge in [-0.05, 0) is 44.0 Å². The molecule has 2 aromatic rings. The first-order chi connectivity index (χ1) is 14.0. The van der Waals surface area contributed by atoms with Gasteiger partial charge >= 0.3 is 0 Å². The normalized spacial score (nSPS) is 17.8. The third-order valence-corrected chi connectivity index (χ3v) is 7.32. The van der Waals surface area contributed by atoms with Crippen molar-refractivity contribution in [2.24, 2.45) is 5.92 Å². The number of aromatic amines is 1. The van der Waals surface area contributed by atoms with E-state index in [4.69, 9.17) is 4.74 Å². The fourth-order valence-corrected chi connectivity index (χ4v) is 5.29. The molecule has 0 unspecified atom stereocenters. The Morgan fingerprint density at radius 3 is 2.86 bits per heavy atom. The fourth-order valence-electron chi connectivity index (χ4n) is 3.13. The van der Waals surface area contributed by atoms with E-state index < -0.39 is 10.0 Å². The van der Waals surface area contributed by atoms with E-state index in [9.17, 15) is 13.2 Å². The standard InChI is InChI=1S/C18H25N5O4S2/c1-2-27-15-5-7-16(8-6-15)29(25,26)23-10-3-4-14(12-23)17(24)19-9-11-28-18-20-13-21-22-18/h5-8,13-14H,2-4,9-12H2,1H3,(H,19,24)(H,20,21,22)/t14-/m1/s1. The van der Waals surface area contributed by atoms with E-state index in [0.29, 0.717) is 49.2 Å². The quantitative estimate of drug-likeness (QED) is 0.449. The molecule has 1 aromatic carbocycles. The molecule has 1 aromatic heterocycles. The molecule has 158 valence electrons. The summed E-state index contributed by atoms with van der Waals surface area (Å²) < 4.78 is 32.7. The maximum atomic E-state index is 13.0. The molecule has 1 atom stereocenters. The SMILES string of the molecule is CCOc1ccc(S(=O)(=O)N2CCC[C@@H](C(=O)NCCSc3ncn[nH]3)C2)cc1. The molecule has 2 N–H and O–H groups in total. The van der Waals surface area contributed by atoms with E-state index in [2.05, 4.69) is 20.5 Å². The molecule has 1 fully saturated rings. The van der Waals surface area contributed by atoms with Crippen molar-refractivity contribution in [3.05, 3.63) is 30.6 Å². The predicted molar refractivity (Wildman–Crippen MR) is 109 cm³/mol. The number of aromatic nitrogens is 3. The highest BCUT2D eigenvalue weighted by molar-refractivity contribution is 7.99. The van der Waals surface area contributed by atoms with Crippen LogP contribution in [0.3, 0.4) is 0 Å². The molecule has 29 heavy (non-hydrogen) atoms. The van der Waals surface area contributed by atoms with Gasteiger partial charge in [0.2, 0.25) is 15.9 Å². The molecular weight excluding hydrogens is 414 g/mol. The van der Waals surface area contributed by atoms with Crippen molar-refractivity contribution >= 4 is 27.7 Å². The van der Waals surface area contributed by atoms with Crippen molar-refractivity contribution in [2.75, 3.05) is 32.0 Å². The summed E-state index contributed by atoms with van der Waals surface area (Å²) in [6.45, 7) is 3.48. The average molecular weight is 440 g/mol. The molecule has 11 heteroatoms. The van der Waals surface area contributed by atoms with Gasteiger partial charge in [0, 0.05) is 25.4 Å². The van der Waals surface area contributed by atoms with E-state index in [1.165, 1.54) is 22.4 Å². The zero-order valence-corrected chi connectivity index (χ0v) is 17.8. The van der Waals surface area contributed by atoms with Crippen LogP contribution in [-0.2, 0) is 14.8 Å². The maximum Gasteiger partial charge on any atom is 0.243 e. The largest absolute Gasteiger partial charge is 0.494 e. The molecule has 1 aliphatic heterocycles. The van der Waals surface area contributed by atoms with Gasteiger partial charge < -0.3 is 10.1 Å². The van der Waals surface area contributed by atoms with Crippen LogP contribution in [0.15, 0.2) is 40.6 Å². The van der Waals surface area contributed by atoms with E-state index >= 15 is 0 Å². The van der Waals surface area contributed by atoms with Crippen LogP contribution in [-0.4, -0.2) is 65.8 Å². The number of benzene rings is 1. The van der Waals surface area contributed by atoms with Crippen molar-refractivity contribution in [1.29, 1.82) is 0 Å². The number of thioether (sulfide) groups is 1. The lowest BCUT2D eigenvalue weighted by Gasteiger charge is -2.31. The molecule has 1 amide bonds. The molecule has 0 spiro atoms. The fraction of sp³-hybridized carbons (Fsp3) is 0.500. The van der Waals surface area contributed by atoms with E-state index in [0.717, 1.165) is 0 Å². The smallest absolute Gasteiger partial charge is 0.243 e. The number of nitrogens with zero attached hydrogens (tertiary/aromatic N) is 3. The Hall–Kier alpha value is -2.11. The Morgan fingerprint density at radius 2 is 2.17 bits per heavy atom. The van der Waals surface area contributed by atoms with Crippen LogP contribution in [0, 0.1) is 5.92 Å². The molecule has 9 nitrogen and oxygen atoms in total. The minimum Gasteiger partial charge on any atom is -0.494 e. The first-order valence-electron chi connectivity index (χ1n) is 9.49. The van der Waals surface area contributed by atoms with Gasteiger partial charge in [0.1, 0.15) is 12.1 Å². The Bertz CT molecular complexity index is 887. The van der Waals surface area contributed by atoms with Crippen LogP contribution >= 0.6 is 11.8 Å². The van der Waals surface area contributed by atoms with Crippen LogP contribution in [0.1, 0.15) is 19.8 Å². The number of hydrogen-bond donors (Lipinski definition) is 2. The van der Waals surface area contributed by atoms with Crippen molar-refractivity contribution in [3.63, 3.8) is 0 Å². The monoisotopic (exact) mass is 439 g/mol. The number of amides is 1. The van der Waals surface area contributed by atoms with Gasteiger partial charge in [0.05, 0.1) is 17.4 Å². The molecule has 0 saturated carbocycles. The predicted octanol–water partition coefficient (Wildman–Crippen LogP) is 1.51. The number of hydrogen-bond acceptors (Lipinski definition) is 7. The van der Waals surface area contributed by atoms with E-state index in [1.54, 1.807) is 24.3 Å². The lowest BCUT2D eigenvalue weighted by atomic mass is 9.99. The summed E-state index contributed by atoms with van der Waals surface area (Å²) >= 11 is 1.46. The number of nitrogens with one attached hydrogen (secondary N) is 2. The minimum atomic E-state index is -3.64. The van der Waals surface area contributed by atoms with Gasteiger partial charge in [-0.25, -0.2) is 13.4 Å². The molecule has 3 rings (SSSR count). The summed E-state index contributed by atoms with van der Waals surface area (Å²) in [5.41, 5.74) is 0. The summed E-state index contributed by atoms with van der Waals surface area (Å²) in [5, 5.41) is 10.1. The molecule has 0 aliphatic carbocycles. The number of H-pyrrole nitrogens is 1. The molecule has 2 heterocycles. The van der Waals surface area contributed by atoms with Gasteiger partial charge in [-0.3, -0.25) is 9.89 Å². The van der Waals surface area contributed by atoms with Gasteiger partial charge in [0.15, 0.2) is 5.16 Å². The van der Waals surface area contributed by atoms with E-state index in [-0.39, 0.29) is 23.3 Å². The minimum absolute atomic E-state index is 0.116. The highest BCUT2D eigenvalue weighted by Gasteiger charge is 2.33. The first kappa shape index (κ1) is 21.6. The van der Waals surface area contributed by atoms with Crippen LogP contribution in [0.4, 0.5) is 0 Å². The Kier molecular flexibility index (Phi) is 7.51. The van der Waals surface area contributed by atoms with Crippen molar-refractivity contribution in [2.45, 2.75) is 29.8 Å². The number of piperidine rings is 1. The average Bonchev–Trinajstić information content (AvgIpc) is 3.25. The van der Waals surface area contributed by atoms with Crippen LogP contribution < -0.4 is 10.1 Å². The number of rotatable bonds is 9. The Balaban J connectivity index is 1.53. The number of sulfonamides is 1. The summed E-state index contributed by atoms with van der Waals surface area (Å²) in [6, 6.07) is 6.39. The summed E-state index contributed by atoms with van der Waals surface area (Å²) in [6.07, 6.45) is 2.76. The molecule has 0 bridgehead atoms. The van der Waals surface area contributed by atoms with Crippen molar-refractivity contribution < 1.29 is 17.9 Å². The lowest BCUT2D eigenvalue weighted by molar-refractivity contribution is -0.125. The van der Waals surface area contributed by atoms with Gasteiger partial charge in [0.25, 0.3) is 0 Å². The van der Waals surface area contributed by atoms with E-state index in [1.807, 2.05) is 6.92 Å². The second kappa shape index (κ2) is 10.1. The van der Waals surface area contributed by atoms with Crippen LogP contribution in [0.5, 0.6) is 5.75 Å². The van der Waals surface area contributed by atoms with Crippen molar-refractivity contribution in [1.82, 2.24) is 24.8 Å². The first-order valence-corrected chi connectivity index (χ1v) is 11.9. The maximum absolute atomic E-state index is 13.0. The summed E-state index contributed by atoms with van der Waals surface area (Å²) in [4.78, 5) is 16.7. The number of ether oxygens (including phenoxy) is 1. The lowest BCUT2D eigenvalue weighted by Crippen LogP contribution is -2.45. The molecule has 1 aliphatic rings. The summed E-state index contributed by atoms with van der Waals surface area (Å²) in [5.74, 6) is 0.818. The van der Waals surface area contributed by atoms with Gasteiger partial charge in [-0.1, -0.05) is 11.8 Å². The third-order valence-electron chi connectivity index (χ3n) is 4.56. The molecular formula is C18H25N5O4S2. The second-order valence-electron chi connectivity index (χ2n) is 6.54. The van der Waals surface area contributed by atoms with Crippen LogP contribution in [0.25, 0.3) is 0 Å². The highest BCUT2D eigenvalue weighted by atomic mass is 32.2. The second-order valence-corrected chi connectivity index (χ2v) is 9.56. The Labute approximate surface area is 174 Å². The zero-order valence-electron chi connectivity index (χ0n) is 16.2. The highest BCUT2D eigenvalue weighted by Crippen LogP contribution is 2.25. The van der Waals surface area contributed by atoms with Gasteiger partial charge in [-0.2, -0.15) is 9.40 Å². The topological polar surface area (TPSA) is 117 Å².